The Morgan fingerprint density at radius 1 is 1.55 bits per heavy atom. The fourth-order valence-corrected chi connectivity index (χ4v) is 1.37. The van der Waals surface area contributed by atoms with Gasteiger partial charge in [-0.15, -0.1) is 0 Å². The van der Waals surface area contributed by atoms with Crippen LogP contribution in [0.4, 0.5) is 0 Å². The molecule has 0 saturated carbocycles. The van der Waals surface area contributed by atoms with Crippen LogP contribution in [-0.4, -0.2) is 0 Å². The summed E-state index contributed by atoms with van der Waals surface area (Å²) in [6.45, 7) is 10.3. The van der Waals surface area contributed by atoms with Crippen LogP contribution in [0.3, 0.4) is 0 Å². The van der Waals surface area contributed by atoms with E-state index in [1.54, 1.807) is 0 Å². The molecule has 1 heteroatoms. The van der Waals surface area contributed by atoms with Crippen LogP contribution in [-0.2, 0) is 0 Å². The quantitative estimate of drug-likeness (QED) is 0.566. The molecule has 0 bridgehead atoms. The van der Waals surface area contributed by atoms with Crippen LogP contribution in [0.25, 0.3) is 0 Å². The highest BCUT2D eigenvalue weighted by molar-refractivity contribution is 4.98. The maximum Gasteiger partial charge on any atom is 0.0621 e. The third-order valence-corrected chi connectivity index (χ3v) is 2.00. The summed E-state index contributed by atoms with van der Waals surface area (Å²) in [7, 11) is 0. The molecule has 0 aliphatic rings. The first-order valence-corrected chi connectivity index (χ1v) is 4.12. The van der Waals surface area contributed by atoms with Crippen molar-refractivity contribution in [1.29, 1.82) is 5.26 Å². The van der Waals surface area contributed by atoms with Gasteiger partial charge in [-0.25, -0.2) is 0 Å². The van der Waals surface area contributed by atoms with E-state index in [2.05, 4.69) is 26.5 Å². The molecule has 0 unspecified atom stereocenters. The smallest absolute Gasteiger partial charge is 0.0621 e. The average Bonchev–Trinajstić information content (AvgIpc) is 1.87. The van der Waals surface area contributed by atoms with Crippen molar-refractivity contribution in [3.63, 3.8) is 0 Å². The van der Waals surface area contributed by atoms with Gasteiger partial charge in [0.25, 0.3) is 0 Å². The van der Waals surface area contributed by atoms with Crippen LogP contribution in [0, 0.1) is 23.2 Å². The highest BCUT2D eigenvalue weighted by atomic mass is 14.2. The Morgan fingerprint density at radius 2 is 2.09 bits per heavy atom. The van der Waals surface area contributed by atoms with E-state index in [0.717, 1.165) is 6.42 Å². The molecule has 0 aliphatic heterocycles. The normalized spacial score (nSPS) is 12.6. The van der Waals surface area contributed by atoms with Gasteiger partial charge >= 0.3 is 0 Å². The Morgan fingerprint density at radius 3 is 2.36 bits per heavy atom. The minimum Gasteiger partial charge on any atom is -0.198 e. The highest BCUT2D eigenvalue weighted by Crippen LogP contribution is 2.23. The molecule has 0 aromatic heterocycles. The molecule has 0 amide bonds. The van der Waals surface area contributed by atoms with Crippen LogP contribution < -0.4 is 0 Å². The summed E-state index contributed by atoms with van der Waals surface area (Å²) in [5, 5.41) is 8.40. The van der Waals surface area contributed by atoms with Gasteiger partial charge in [0.1, 0.15) is 0 Å². The van der Waals surface area contributed by atoms with Gasteiger partial charge in [0.15, 0.2) is 0 Å². The number of nitrogens with zero attached hydrogens (tertiary/aromatic N) is 1. The van der Waals surface area contributed by atoms with E-state index in [-0.39, 0.29) is 0 Å². The Hall–Kier alpha value is -0.770. The van der Waals surface area contributed by atoms with Crippen molar-refractivity contribution in [3.05, 3.63) is 12.2 Å². The lowest BCUT2D eigenvalue weighted by molar-refractivity contribution is 0.420. The van der Waals surface area contributed by atoms with Crippen molar-refractivity contribution >= 4 is 0 Å². The van der Waals surface area contributed by atoms with Crippen molar-refractivity contribution in [2.24, 2.45) is 11.8 Å². The molecule has 0 spiro atoms. The van der Waals surface area contributed by atoms with Crippen molar-refractivity contribution in [1.82, 2.24) is 0 Å². The molecular formula is C10H17N. The molecule has 0 heterocycles. The lowest BCUT2D eigenvalue weighted by atomic mass is 9.86. The molecule has 0 radical (unpaired) electrons. The summed E-state index contributed by atoms with van der Waals surface area (Å²) in [6.07, 6.45) is 1.61. The van der Waals surface area contributed by atoms with Crippen molar-refractivity contribution < 1.29 is 0 Å². The summed E-state index contributed by atoms with van der Waals surface area (Å²) in [6, 6.07) is 2.17. The van der Waals surface area contributed by atoms with Gasteiger partial charge in [-0.1, -0.05) is 26.0 Å². The third-order valence-electron chi connectivity index (χ3n) is 2.00. The lowest BCUT2D eigenvalue weighted by Crippen LogP contribution is -2.08. The lowest BCUT2D eigenvalue weighted by Gasteiger charge is -2.19. The monoisotopic (exact) mass is 151 g/mol. The second-order valence-corrected chi connectivity index (χ2v) is 3.39. The highest BCUT2D eigenvalue weighted by Gasteiger charge is 2.12. The predicted molar refractivity (Wildman–Crippen MR) is 48.0 cm³/mol. The zero-order valence-electron chi connectivity index (χ0n) is 7.72. The fraction of sp³-hybridized carbons (Fsp3) is 0.700. The Labute approximate surface area is 69.7 Å². The topological polar surface area (TPSA) is 23.8 Å². The standard InChI is InChI=1S/C10H17N/c1-8(2)10(9(3)4)6-5-7-11/h9-10H,1,5-6H2,2-4H3/t10-/m1/s1. The Balaban J connectivity index is 3.92. The van der Waals surface area contributed by atoms with E-state index < -0.39 is 0 Å². The largest absolute Gasteiger partial charge is 0.198 e. The first-order valence-electron chi connectivity index (χ1n) is 4.12. The summed E-state index contributed by atoms with van der Waals surface area (Å²) >= 11 is 0. The van der Waals surface area contributed by atoms with E-state index in [1.807, 2.05) is 6.92 Å². The number of hydrogen-bond donors (Lipinski definition) is 0. The van der Waals surface area contributed by atoms with E-state index in [9.17, 15) is 0 Å². The zero-order valence-corrected chi connectivity index (χ0v) is 7.72. The van der Waals surface area contributed by atoms with Gasteiger partial charge in [-0.3, -0.25) is 0 Å². The summed E-state index contributed by atoms with van der Waals surface area (Å²) in [4.78, 5) is 0. The number of nitriles is 1. The first kappa shape index (κ1) is 10.2. The van der Waals surface area contributed by atoms with Gasteiger partial charge in [-0.2, -0.15) is 5.26 Å². The third kappa shape index (κ3) is 3.83. The SMILES string of the molecule is C=C(C)[C@@H](CCC#N)C(C)C. The zero-order chi connectivity index (χ0) is 8.85. The molecule has 0 aromatic rings. The number of allylic oxidation sites excluding steroid dienone is 1. The van der Waals surface area contributed by atoms with Crippen molar-refractivity contribution in [2.75, 3.05) is 0 Å². The van der Waals surface area contributed by atoms with Gasteiger partial charge in [0, 0.05) is 6.42 Å². The van der Waals surface area contributed by atoms with Crippen LogP contribution in [0.2, 0.25) is 0 Å². The Bertz CT molecular complexity index is 162. The van der Waals surface area contributed by atoms with Crippen LogP contribution in [0.15, 0.2) is 12.2 Å². The first-order chi connectivity index (χ1) is 5.09. The summed E-state index contributed by atoms with van der Waals surface area (Å²) < 4.78 is 0. The molecule has 0 fully saturated rings. The van der Waals surface area contributed by atoms with Crippen LogP contribution >= 0.6 is 0 Å². The molecule has 0 aromatic carbocycles. The number of rotatable bonds is 4. The molecule has 0 rings (SSSR count). The van der Waals surface area contributed by atoms with Crippen molar-refractivity contribution in [2.45, 2.75) is 33.6 Å². The molecule has 0 aliphatic carbocycles. The van der Waals surface area contributed by atoms with Gasteiger partial charge in [-0.05, 0) is 25.2 Å². The minimum atomic E-state index is 0.523. The second-order valence-electron chi connectivity index (χ2n) is 3.39. The molecule has 1 atom stereocenters. The van der Waals surface area contributed by atoms with E-state index >= 15 is 0 Å². The minimum absolute atomic E-state index is 0.523. The average molecular weight is 151 g/mol. The predicted octanol–water partition coefficient (Wildman–Crippen LogP) is 3.14. The van der Waals surface area contributed by atoms with Gasteiger partial charge in [0.05, 0.1) is 6.07 Å². The Kier molecular flexibility index (Phi) is 4.61. The fourth-order valence-electron chi connectivity index (χ4n) is 1.37. The van der Waals surface area contributed by atoms with Gasteiger partial charge in [0.2, 0.25) is 0 Å². The van der Waals surface area contributed by atoms with E-state index in [1.165, 1.54) is 5.57 Å². The maximum absolute atomic E-state index is 8.40. The van der Waals surface area contributed by atoms with E-state index in [4.69, 9.17) is 5.26 Å². The van der Waals surface area contributed by atoms with Crippen LogP contribution in [0.5, 0.6) is 0 Å². The summed E-state index contributed by atoms with van der Waals surface area (Å²) in [5.41, 5.74) is 1.20. The second kappa shape index (κ2) is 4.96. The molecule has 62 valence electrons. The molecule has 1 nitrogen and oxygen atoms in total. The summed E-state index contributed by atoms with van der Waals surface area (Å²) in [5.74, 6) is 1.13. The molecule has 0 saturated heterocycles. The maximum atomic E-state index is 8.40. The van der Waals surface area contributed by atoms with E-state index in [0.29, 0.717) is 18.3 Å². The molecule has 0 N–H and O–H groups in total. The number of hydrogen-bond acceptors (Lipinski definition) is 1. The molecule has 11 heavy (non-hydrogen) atoms. The van der Waals surface area contributed by atoms with Gasteiger partial charge < -0.3 is 0 Å². The molecular weight excluding hydrogens is 134 g/mol. The van der Waals surface area contributed by atoms with Crippen LogP contribution in [0.1, 0.15) is 33.6 Å². The van der Waals surface area contributed by atoms with Crippen molar-refractivity contribution in [3.8, 4) is 6.07 Å².